The van der Waals surface area contributed by atoms with Gasteiger partial charge in [-0.05, 0) is 45.1 Å². The molecular formula is C19H40IN5. The van der Waals surface area contributed by atoms with Crippen molar-refractivity contribution < 1.29 is 0 Å². The molecule has 0 aromatic carbocycles. The summed E-state index contributed by atoms with van der Waals surface area (Å²) >= 11 is 0. The van der Waals surface area contributed by atoms with E-state index in [0.29, 0.717) is 11.5 Å². The van der Waals surface area contributed by atoms with Gasteiger partial charge in [-0.1, -0.05) is 20.3 Å². The van der Waals surface area contributed by atoms with Gasteiger partial charge in [0, 0.05) is 51.9 Å². The monoisotopic (exact) mass is 465 g/mol. The molecular weight excluding hydrogens is 425 g/mol. The van der Waals surface area contributed by atoms with Gasteiger partial charge in [0.2, 0.25) is 0 Å². The highest BCUT2D eigenvalue weighted by Crippen LogP contribution is 2.43. The van der Waals surface area contributed by atoms with Crippen LogP contribution in [0.4, 0.5) is 0 Å². The zero-order valence-electron chi connectivity index (χ0n) is 16.8. The van der Waals surface area contributed by atoms with Crippen LogP contribution in [0.25, 0.3) is 0 Å². The van der Waals surface area contributed by atoms with Crippen molar-refractivity contribution in [2.24, 2.45) is 10.4 Å². The largest absolute Gasteiger partial charge is 0.357 e. The van der Waals surface area contributed by atoms with Gasteiger partial charge in [-0.25, -0.2) is 0 Å². The summed E-state index contributed by atoms with van der Waals surface area (Å²) in [5, 5.41) is 6.99. The standard InChI is InChI=1S/C19H39N5.HI/c1-5-19(9-8-10-19)16-22-18(20-6-2)21-15-17(4)24-13-11-23(7-3)12-14-24;/h17H,5-16H2,1-4H3,(H2,20,21,22);1H. The number of nitrogens with zero attached hydrogens (tertiary/aromatic N) is 3. The predicted octanol–water partition coefficient (Wildman–Crippen LogP) is 2.77. The van der Waals surface area contributed by atoms with Gasteiger partial charge in [0.05, 0.1) is 0 Å². The topological polar surface area (TPSA) is 42.9 Å². The van der Waals surface area contributed by atoms with Gasteiger partial charge in [0.25, 0.3) is 0 Å². The van der Waals surface area contributed by atoms with Gasteiger partial charge in [0.15, 0.2) is 5.96 Å². The molecule has 1 heterocycles. The molecule has 1 atom stereocenters. The van der Waals surface area contributed by atoms with E-state index in [9.17, 15) is 0 Å². The number of likely N-dealkylation sites (N-methyl/N-ethyl adjacent to an activating group) is 1. The Balaban J connectivity index is 0.00000312. The lowest BCUT2D eigenvalue weighted by atomic mass is 9.67. The van der Waals surface area contributed by atoms with Gasteiger partial charge in [-0.15, -0.1) is 24.0 Å². The van der Waals surface area contributed by atoms with E-state index < -0.39 is 0 Å². The zero-order chi connectivity index (χ0) is 17.4. The maximum atomic E-state index is 4.89. The van der Waals surface area contributed by atoms with Gasteiger partial charge in [-0.2, -0.15) is 0 Å². The summed E-state index contributed by atoms with van der Waals surface area (Å²) < 4.78 is 0. The highest BCUT2D eigenvalue weighted by atomic mass is 127. The van der Waals surface area contributed by atoms with Gasteiger partial charge in [-0.3, -0.25) is 9.89 Å². The Labute approximate surface area is 172 Å². The molecule has 1 unspecified atom stereocenters. The Morgan fingerprint density at radius 2 is 1.76 bits per heavy atom. The van der Waals surface area contributed by atoms with Crippen molar-refractivity contribution >= 4 is 29.9 Å². The van der Waals surface area contributed by atoms with E-state index in [-0.39, 0.29) is 24.0 Å². The smallest absolute Gasteiger partial charge is 0.191 e. The van der Waals surface area contributed by atoms with Crippen molar-refractivity contribution in [3.05, 3.63) is 0 Å². The van der Waals surface area contributed by atoms with Crippen LogP contribution in [0.1, 0.15) is 53.4 Å². The summed E-state index contributed by atoms with van der Waals surface area (Å²) in [4.78, 5) is 10.0. The summed E-state index contributed by atoms with van der Waals surface area (Å²) in [6.45, 7) is 17.9. The van der Waals surface area contributed by atoms with Crippen molar-refractivity contribution in [3.63, 3.8) is 0 Å². The average molecular weight is 465 g/mol. The minimum Gasteiger partial charge on any atom is -0.357 e. The third kappa shape index (κ3) is 6.86. The number of aliphatic imine (C=N–C) groups is 1. The summed E-state index contributed by atoms with van der Waals surface area (Å²) in [5.41, 5.74) is 0.491. The van der Waals surface area contributed by atoms with Gasteiger partial charge >= 0.3 is 0 Å². The summed E-state index contributed by atoms with van der Waals surface area (Å²) in [5.74, 6) is 0.997. The molecule has 0 radical (unpaired) electrons. The highest BCUT2D eigenvalue weighted by molar-refractivity contribution is 14.0. The molecule has 1 saturated carbocycles. The molecule has 1 saturated heterocycles. The molecule has 2 fully saturated rings. The van der Waals surface area contributed by atoms with Crippen molar-refractivity contribution in [2.45, 2.75) is 59.4 Å². The minimum atomic E-state index is 0. The van der Waals surface area contributed by atoms with Crippen molar-refractivity contribution in [1.29, 1.82) is 0 Å². The molecule has 0 amide bonds. The van der Waals surface area contributed by atoms with Crippen molar-refractivity contribution in [2.75, 3.05) is 52.4 Å². The van der Waals surface area contributed by atoms with E-state index in [1.807, 2.05) is 0 Å². The van der Waals surface area contributed by atoms with E-state index in [1.54, 1.807) is 0 Å². The van der Waals surface area contributed by atoms with Crippen molar-refractivity contribution in [1.82, 2.24) is 20.4 Å². The first-order chi connectivity index (χ1) is 11.6. The second kappa shape index (κ2) is 11.6. The van der Waals surface area contributed by atoms with Crippen LogP contribution in [0.15, 0.2) is 4.99 Å². The van der Waals surface area contributed by atoms with E-state index >= 15 is 0 Å². The lowest BCUT2D eigenvalue weighted by Gasteiger charge is -2.40. The molecule has 25 heavy (non-hydrogen) atoms. The summed E-state index contributed by atoms with van der Waals surface area (Å²) in [7, 11) is 0. The van der Waals surface area contributed by atoms with Crippen LogP contribution in [0.2, 0.25) is 0 Å². The third-order valence-corrected chi connectivity index (χ3v) is 6.12. The Morgan fingerprint density at radius 1 is 1.08 bits per heavy atom. The van der Waals surface area contributed by atoms with E-state index in [0.717, 1.165) is 25.6 Å². The number of nitrogens with one attached hydrogen (secondary N) is 2. The molecule has 0 aromatic rings. The molecule has 0 spiro atoms. The zero-order valence-corrected chi connectivity index (χ0v) is 19.1. The molecule has 6 heteroatoms. The molecule has 5 nitrogen and oxygen atoms in total. The predicted molar refractivity (Wildman–Crippen MR) is 119 cm³/mol. The summed E-state index contributed by atoms with van der Waals surface area (Å²) in [6, 6.07) is 0.553. The van der Waals surface area contributed by atoms with Crippen LogP contribution < -0.4 is 10.6 Å². The average Bonchev–Trinajstić information content (AvgIpc) is 2.58. The fraction of sp³-hybridized carbons (Fsp3) is 0.947. The SMILES string of the molecule is CCNC(=NCC1(CC)CCC1)NCC(C)N1CCN(CC)CC1.I. The Bertz CT molecular complexity index is 384. The fourth-order valence-corrected chi connectivity index (χ4v) is 3.78. The molecule has 2 rings (SSSR count). The number of piperazine rings is 1. The molecule has 1 aliphatic carbocycles. The normalized spacial score (nSPS) is 22.6. The van der Waals surface area contributed by atoms with Gasteiger partial charge < -0.3 is 15.5 Å². The minimum absolute atomic E-state index is 0. The van der Waals surface area contributed by atoms with Crippen LogP contribution >= 0.6 is 24.0 Å². The third-order valence-electron chi connectivity index (χ3n) is 6.12. The highest BCUT2D eigenvalue weighted by Gasteiger charge is 2.34. The lowest BCUT2D eigenvalue weighted by Crippen LogP contribution is -2.53. The van der Waals surface area contributed by atoms with Crippen LogP contribution in [0.3, 0.4) is 0 Å². The van der Waals surface area contributed by atoms with E-state index in [1.165, 1.54) is 58.4 Å². The fourth-order valence-electron chi connectivity index (χ4n) is 3.78. The quantitative estimate of drug-likeness (QED) is 0.329. The Kier molecular flexibility index (Phi) is 10.6. The Morgan fingerprint density at radius 3 is 2.24 bits per heavy atom. The second-order valence-corrected chi connectivity index (χ2v) is 7.60. The molecule has 2 aliphatic rings. The second-order valence-electron chi connectivity index (χ2n) is 7.60. The number of halogens is 1. The maximum absolute atomic E-state index is 4.89. The van der Waals surface area contributed by atoms with Crippen molar-refractivity contribution in [3.8, 4) is 0 Å². The first-order valence-electron chi connectivity index (χ1n) is 10.1. The number of hydrogen-bond acceptors (Lipinski definition) is 3. The molecule has 2 N–H and O–H groups in total. The molecule has 148 valence electrons. The molecule has 0 aromatic heterocycles. The molecule has 1 aliphatic heterocycles. The lowest BCUT2D eigenvalue weighted by molar-refractivity contribution is 0.107. The van der Waals surface area contributed by atoms with Crippen LogP contribution in [-0.2, 0) is 0 Å². The number of hydrogen-bond donors (Lipinski definition) is 2. The van der Waals surface area contributed by atoms with E-state index in [2.05, 4.69) is 48.1 Å². The Hall–Kier alpha value is -0.0800. The first-order valence-corrected chi connectivity index (χ1v) is 10.1. The maximum Gasteiger partial charge on any atom is 0.191 e. The van der Waals surface area contributed by atoms with E-state index in [4.69, 9.17) is 4.99 Å². The first kappa shape index (κ1) is 23.0. The van der Waals surface area contributed by atoms with Gasteiger partial charge in [0.1, 0.15) is 0 Å². The number of guanidine groups is 1. The summed E-state index contributed by atoms with van der Waals surface area (Å²) in [6.07, 6.45) is 5.34. The van der Waals surface area contributed by atoms with Crippen LogP contribution in [0, 0.1) is 5.41 Å². The molecule has 0 bridgehead atoms. The van der Waals surface area contributed by atoms with Crippen LogP contribution in [-0.4, -0.2) is 74.2 Å². The number of rotatable bonds is 8. The van der Waals surface area contributed by atoms with Crippen LogP contribution in [0.5, 0.6) is 0 Å².